The lowest BCUT2D eigenvalue weighted by molar-refractivity contribution is -0.663. The highest BCUT2D eigenvalue weighted by atomic mass is 16.3. The van der Waals surface area contributed by atoms with Gasteiger partial charge in [-0.15, -0.1) is 0 Å². The number of rotatable bonds is 1. The third kappa shape index (κ3) is 2.07. The maximum absolute atomic E-state index is 6.39. The van der Waals surface area contributed by atoms with Crippen molar-refractivity contribution >= 4 is 32.7 Å². The van der Waals surface area contributed by atoms with Crippen molar-refractivity contribution in [3.63, 3.8) is 0 Å². The molecule has 0 aliphatic rings. The summed E-state index contributed by atoms with van der Waals surface area (Å²) in [5.41, 5.74) is 6.31. The fourth-order valence-corrected chi connectivity index (χ4v) is 3.85. The summed E-state index contributed by atoms with van der Waals surface area (Å²) in [4.78, 5) is 4.39. The molecular formula is C23H19N2O+. The van der Waals surface area contributed by atoms with Gasteiger partial charge < -0.3 is 4.42 Å². The molecular weight excluding hydrogens is 320 g/mol. The third-order valence-corrected chi connectivity index (χ3v) is 5.15. The van der Waals surface area contributed by atoms with Crippen LogP contribution >= 0.6 is 0 Å². The molecule has 0 amide bonds. The van der Waals surface area contributed by atoms with Crippen molar-refractivity contribution in [1.29, 1.82) is 0 Å². The number of furan rings is 1. The summed E-state index contributed by atoms with van der Waals surface area (Å²) < 4.78 is 8.44. The number of fused-ring (bicyclic) bond motifs is 5. The van der Waals surface area contributed by atoms with Crippen LogP contribution in [0.4, 0.5) is 0 Å². The van der Waals surface area contributed by atoms with Crippen LogP contribution in [0, 0.1) is 13.8 Å². The number of hydrogen-bond acceptors (Lipinski definition) is 2. The van der Waals surface area contributed by atoms with Crippen LogP contribution < -0.4 is 4.57 Å². The molecule has 0 unspecified atom stereocenters. The largest absolute Gasteiger partial charge is 0.455 e. The molecule has 2 aromatic heterocycles. The number of hydrogen-bond donors (Lipinski definition) is 0. The molecule has 0 spiro atoms. The molecule has 0 atom stereocenters. The van der Waals surface area contributed by atoms with E-state index in [1.807, 2.05) is 20.3 Å². The summed E-state index contributed by atoms with van der Waals surface area (Å²) >= 11 is 0. The Morgan fingerprint density at radius 2 is 1.77 bits per heavy atom. The summed E-state index contributed by atoms with van der Waals surface area (Å²) in [6, 6.07) is 19.2. The Labute approximate surface area is 151 Å². The summed E-state index contributed by atoms with van der Waals surface area (Å²) in [6.07, 6.45) is 1.86. The molecule has 5 aromatic rings. The molecule has 126 valence electrons. The van der Waals surface area contributed by atoms with Crippen LogP contribution in [-0.4, -0.2) is 4.98 Å². The highest BCUT2D eigenvalue weighted by Crippen LogP contribution is 2.39. The molecule has 0 saturated heterocycles. The Kier molecular flexibility index (Phi) is 3.13. The van der Waals surface area contributed by atoms with Crippen LogP contribution in [0.25, 0.3) is 44.0 Å². The first-order chi connectivity index (χ1) is 12.6. The normalized spacial score (nSPS) is 11.7. The van der Waals surface area contributed by atoms with Gasteiger partial charge in [0.25, 0.3) is 6.33 Å². The minimum absolute atomic E-state index is 0.930. The zero-order chi connectivity index (χ0) is 17.8. The molecule has 0 bridgehead atoms. The van der Waals surface area contributed by atoms with Gasteiger partial charge in [-0.3, -0.25) is 0 Å². The predicted molar refractivity (Wildman–Crippen MR) is 105 cm³/mol. The zero-order valence-corrected chi connectivity index (χ0v) is 15.1. The standard InChI is InChI=1S/C23H19N2O/c1-14-8-10-18-22-17-7-5-4-6-16(17)9-11-20(22)26-23(18)21(14)19-12-15(2)24-13-25(19)3/h4-13H,1-3H3/q+1. The first-order valence-electron chi connectivity index (χ1n) is 8.80. The first kappa shape index (κ1) is 15.1. The molecule has 26 heavy (non-hydrogen) atoms. The van der Waals surface area contributed by atoms with Gasteiger partial charge in [-0.2, -0.15) is 0 Å². The summed E-state index contributed by atoms with van der Waals surface area (Å²) in [6.45, 7) is 4.15. The highest BCUT2D eigenvalue weighted by molar-refractivity contribution is 6.20. The van der Waals surface area contributed by atoms with E-state index in [2.05, 4.69) is 71.1 Å². The Morgan fingerprint density at radius 1 is 0.923 bits per heavy atom. The summed E-state index contributed by atoms with van der Waals surface area (Å²) in [5.74, 6) is 0. The average molecular weight is 339 g/mol. The van der Waals surface area contributed by atoms with Crippen molar-refractivity contribution in [2.75, 3.05) is 0 Å². The van der Waals surface area contributed by atoms with E-state index < -0.39 is 0 Å². The summed E-state index contributed by atoms with van der Waals surface area (Å²) in [5, 5.41) is 4.81. The molecule has 3 aromatic carbocycles. The predicted octanol–water partition coefficient (Wildman–Crippen LogP) is 5.24. The van der Waals surface area contributed by atoms with Crippen molar-refractivity contribution in [2.45, 2.75) is 13.8 Å². The number of aryl methyl sites for hydroxylation is 3. The van der Waals surface area contributed by atoms with Crippen LogP contribution in [0.15, 0.2) is 65.3 Å². The molecule has 0 aliphatic carbocycles. The van der Waals surface area contributed by atoms with E-state index in [4.69, 9.17) is 4.42 Å². The van der Waals surface area contributed by atoms with Crippen molar-refractivity contribution in [1.82, 2.24) is 4.98 Å². The van der Waals surface area contributed by atoms with Gasteiger partial charge in [0.2, 0.25) is 0 Å². The van der Waals surface area contributed by atoms with Gasteiger partial charge in [0.15, 0.2) is 5.69 Å². The van der Waals surface area contributed by atoms with Gasteiger partial charge >= 0.3 is 0 Å². The van der Waals surface area contributed by atoms with Gasteiger partial charge in [-0.05, 0) is 29.3 Å². The van der Waals surface area contributed by atoms with E-state index in [0.29, 0.717) is 0 Å². The van der Waals surface area contributed by atoms with Gasteiger partial charge in [0.1, 0.15) is 16.9 Å². The lowest BCUT2D eigenvalue weighted by Gasteiger charge is -2.07. The fraction of sp³-hybridized carbons (Fsp3) is 0.130. The van der Waals surface area contributed by atoms with Crippen molar-refractivity contribution in [3.05, 3.63) is 72.2 Å². The van der Waals surface area contributed by atoms with E-state index in [9.17, 15) is 0 Å². The lowest BCUT2D eigenvalue weighted by Crippen LogP contribution is -2.31. The zero-order valence-electron chi connectivity index (χ0n) is 15.1. The number of nitrogens with zero attached hydrogens (tertiary/aromatic N) is 2. The molecule has 3 heteroatoms. The Hall–Kier alpha value is -3.20. The number of aromatic nitrogens is 2. The van der Waals surface area contributed by atoms with Crippen LogP contribution in [0.1, 0.15) is 11.3 Å². The Bertz CT molecular complexity index is 1310. The Morgan fingerprint density at radius 3 is 2.65 bits per heavy atom. The molecule has 0 saturated carbocycles. The summed E-state index contributed by atoms with van der Waals surface area (Å²) in [7, 11) is 2.03. The van der Waals surface area contributed by atoms with Gasteiger partial charge in [0, 0.05) is 23.8 Å². The monoisotopic (exact) mass is 339 g/mol. The topological polar surface area (TPSA) is 29.9 Å². The first-order valence-corrected chi connectivity index (χ1v) is 8.80. The third-order valence-electron chi connectivity index (χ3n) is 5.15. The van der Waals surface area contributed by atoms with E-state index in [-0.39, 0.29) is 0 Å². The van der Waals surface area contributed by atoms with Gasteiger partial charge in [0.05, 0.1) is 12.6 Å². The van der Waals surface area contributed by atoms with E-state index >= 15 is 0 Å². The molecule has 2 heterocycles. The van der Waals surface area contributed by atoms with Crippen molar-refractivity contribution in [2.24, 2.45) is 7.05 Å². The minimum Gasteiger partial charge on any atom is -0.455 e. The second-order valence-corrected chi connectivity index (χ2v) is 6.92. The SMILES string of the molecule is Cc1cc(-c2c(C)ccc3c2oc2ccc4ccccc4c23)[n+](C)cn1. The highest BCUT2D eigenvalue weighted by Gasteiger charge is 2.20. The molecule has 0 fully saturated rings. The lowest BCUT2D eigenvalue weighted by atomic mass is 9.98. The quantitative estimate of drug-likeness (QED) is 0.391. The maximum atomic E-state index is 6.39. The van der Waals surface area contributed by atoms with E-state index in [0.717, 1.165) is 33.5 Å². The molecule has 0 aliphatic heterocycles. The van der Waals surface area contributed by atoms with Crippen molar-refractivity contribution < 1.29 is 8.98 Å². The van der Waals surface area contributed by atoms with E-state index in [1.165, 1.54) is 21.7 Å². The average Bonchev–Trinajstić information content (AvgIpc) is 3.03. The van der Waals surface area contributed by atoms with Crippen LogP contribution in [0.3, 0.4) is 0 Å². The van der Waals surface area contributed by atoms with Gasteiger partial charge in [-0.1, -0.05) is 47.4 Å². The second-order valence-electron chi connectivity index (χ2n) is 6.92. The molecule has 3 nitrogen and oxygen atoms in total. The maximum Gasteiger partial charge on any atom is 0.286 e. The molecule has 5 rings (SSSR count). The Balaban J connectivity index is 1.98. The second kappa shape index (κ2) is 5.40. The van der Waals surface area contributed by atoms with E-state index in [1.54, 1.807) is 0 Å². The fourth-order valence-electron chi connectivity index (χ4n) is 3.85. The van der Waals surface area contributed by atoms with Crippen LogP contribution in [0.2, 0.25) is 0 Å². The number of benzene rings is 3. The minimum atomic E-state index is 0.930. The van der Waals surface area contributed by atoms with Crippen molar-refractivity contribution in [3.8, 4) is 11.3 Å². The van der Waals surface area contributed by atoms with Crippen LogP contribution in [0.5, 0.6) is 0 Å². The van der Waals surface area contributed by atoms with Gasteiger partial charge in [-0.25, -0.2) is 4.57 Å². The smallest absolute Gasteiger partial charge is 0.286 e. The molecule has 0 radical (unpaired) electrons. The van der Waals surface area contributed by atoms with Crippen LogP contribution in [-0.2, 0) is 7.05 Å². The molecule has 0 N–H and O–H groups in total.